The molecule has 0 radical (unpaired) electrons. The van der Waals surface area contributed by atoms with Crippen molar-refractivity contribution in [3.8, 4) is 5.75 Å². The van der Waals surface area contributed by atoms with Crippen LogP contribution in [0.3, 0.4) is 0 Å². The molecule has 1 rings (SSSR count). The third-order valence-electron chi connectivity index (χ3n) is 3.57. The number of halogens is 1. The molecule has 1 aromatic carbocycles. The predicted octanol–water partition coefficient (Wildman–Crippen LogP) is 5.17. The molecule has 0 aliphatic rings. The van der Waals surface area contributed by atoms with Crippen molar-refractivity contribution in [3.05, 3.63) is 28.3 Å². The van der Waals surface area contributed by atoms with Crippen LogP contribution in [0.4, 0.5) is 0 Å². The lowest BCUT2D eigenvalue weighted by atomic mass is 10.0. The topological polar surface area (TPSA) is 21.3 Å². The Labute approximate surface area is 135 Å². The average molecular weight is 312 g/mol. The van der Waals surface area contributed by atoms with Crippen molar-refractivity contribution in [1.82, 2.24) is 5.32 Å². The lowest BCUT2D eigenvalue weighted by Gasteiger charge is -2.19. The van der Waals surface area contributed by atoms with Gasteiger partial charge in [0, 0.05) is 11.6 Å². The van der Waals surface area contributed by atoms with Crippen molar-refractivity contribution < 1.29 is 4.74 Å². The van der Waals surface area contributed by atoms with Crippen LogP contribution < -0.4 is 10.1 Å². The summed E-state index contributed by atoms with van der Waals surface area (Å²) in [6.07, 6.45) is 1.35. The monoisotopic (exact) mass is 311 g/mol. The minimum absolute atomic E-state index is 0.150. The van der Waals surface area contributed by atoms with Gasteiger partial charge in [-0.15, -0.1) is 0 Å². The molecule has 0 aliphatic heterocycles. The summed E-state index contributed by atoms with van der Waals surface area (Å²) in [5.74, 6) is 2.09. The molecule has 0 amide bonds. The molecule has 0 saturated heterocycles. The van der Waals surface area contributed by atoms with Gasteiger partial charge in [-0.1, -0.05) is 39.3 Å². The largest absolute Gasteiger partial charge is 0.489 e. The molecule has 21 heavy (non-hydrogen) atoms. The van der Waals surface area contributed by atoms with Gasteiger partial charge >= 0.3 is 0 Å². The van der Waals surface area contributed by atoms with E-state index in [2.05, 4.69) is 46.0 Å². The van der Waals surface area contributed by atoms with Crippen molar-refractivity contribution in [2.24, 2.45) is 5.92 Å². The van der Waals surface area contributed by atoms with Crippen molar-refractivity contribution in [3.63, 3.8) is 0 Å². The van der Waals surface area contributed by atoms with Gasteiger partial charge < -0.3 is 10.1 Å². The zero-order chi connectivity index (χ0) is 16.0. The van der Waals surface area contributed by atoms with Crippen LogP contribution in [0.25, 0.3) is 0 Å². The molecule has 0 aromatic heterocycles. The fraction of sp³-hybridized carbons (Fsp3) is 0.667. The van der Waals surface area contributed by atoms with Crippen molar-refractivity contribution in [1.29, 1.82) is 0 Å². The molecular formula is C18H30ClNO. The summed E-state index contributed by atoms with van der Waals surface area (Å²) in [5.41, 5.74) is 2.25. The minimum atomic E-state index is 0.150. The Morgan fingerprint density at radius 1 is 1.14 bits per heavy atom. The van der Waals surface area contributed by atoms with Gasteiger partial charge in [-0.05, 0) is 61.9 Å². The Morgan fingerprint density at radius 2 is 1.81 bits per heavy atom. The number of hydrogen-bond donors (Lipinski definition) is 1. The van der Waals surface area contributed by atoms with E-state index in [1.165, 1.54) is 6.42 Å². The third kappa shape index (κ3) is 6.27. The number of benzene rings is 1. The van der Waals surface area contributed by atoms with Gasteiger partial charge in [0.15, 0.2) is 0 Å². The molecule has 1 atom stereocenters. The van der Waals surface area contributed by atoms with Gasteiger partial charge in [-0.25, -0.2) is 0 Å². The van der Waals surface area contributed by atoms with Crippen LogP contribution in [-0.4, -0.2) is 19.2 Å². The lowest BCUT2D eigenvalue weighted by molar-refractivity contribution is 0.215. The van der Waals surface area contributed by atoms with E-state index in [-0.39, 0.29) is 6.10 Å². The molecule has 1 unspecified atom stereocenters. The van der Waals surface area contributed by atoms with Gasteiger partial charge in [0.2, 0.25) is 0 Å². The first-order valence-electron chi connectivity index (χ1n) is 7.98. The van der Waals surface area contributed by atoms with E-state index in [1.54, 1.807) is 0 Å². The Kier molecular flexibility index (Phi) is 7.55. The van der Waals surface area contributed by atoms with Crippen LogP contribution in [0.5, 0.6) is 5.75 Å². The Balaban J connectivity index is 2.59. The highest BCUT2D eigenvalue weighted by Crippen LogP contribution is 2.31. The average Bonchev–Trinajstić information content (AvgIpc) is 2.37. The molecule has 1 aromatic rings. The molecule has 0 spiro atoms. The Hall–Kier alpha value is -0.730. The molecule has 0 heterocycles. The highest BCUT2D eigenvalue weighted by atomic mass is 35.5. The summed E-state index contributed by atoms with van der Waals surface area (Å²) in [7, 11) is 0. The number of ether oxygens (including phenoxy) is 1. The van der Waals surface area contributed by atoms with Crippen molar-refractivity contribution >= 4 is 11.6 Å². The quantitative estimate of drug-likeness (QED) is 0.668. The molecule has 0 fully saturated rings. The smallest absolute Gasteiger partial charge is 0.123 e. The second kappa shape index (κ2) is 8.65. The SMILES string of the molecule is Cc1cc(Cl)c(C(C)C)cc1OC(C)CNCCC(C)C. The van der Waals surface area contributed by atoms with Crippen LogP contribution >= 0.6 is 11.6 Å². The second-order valence-corrected chi connectivity index (χ2v) is 7.02. The third-order valence-corrected chi connectivity index (χ3v) is 3.90. The maximum Gasteiger partial charge on any atom is 0.123 e. The zero-order valence-electron chi connectivity index (χ0n) is 14.3. The van der Waals surface area contributed by atoms with Crippen LogP contribution in [0, 0.1) is 12.8 Å². The molecule has 0 bridgehead atoms. The van der Waals surface area contributed by atoms with E-state index >= 15 is 0 Å². The molecule has 2 nitrogen and oxygen atoms in total. The zero-order valence-corrected chi connectivity index (χ0v) is 15.1. The summed E-state index contributed by atoms with van der Waals surface area (Å²) >= 11 is 6.30. The predicted molar refractivity (Wildman–Crippen MR) is 92.7 cm³/mol. The number of hydrogen-bond acceptors (Lipinski definition) is 2. The Bertz CT molecular complexity index is 443. The van der Waals surface area contributed by atoms with Gasteiger partial charge in [0.1, 0.15) is 11.9 Å². The molecule has 120 valence electrons. The number of nitrogens with one attached hydrogen (secondary N) is 1. The molecular weight excluding hydrogens is 282 g/mol. The first kappa shape index (κ1) is 18.3. The molecule has 0 saturated carbocycles. The lowest BCUT2D eigenvalue weighted by Crippen LogP contribution is -2.30. The maximum atomic E-state index is 6.30. The molecule has 3 heteroatoms. The van der Waals surface area contributed by atoms with Gasteiger partial charge in [0.05, 0.1) is 0 Å². The molecule has 1 N–H and O–H groups in total. The number of rotatable bonds is 8. The summed E-state index contributed by atoms with van der Waals surface area (Å²) in [5, 5.41) is 4.28. The first-order chi connectivity index (χ1) is 9.81. The normalized spacial score (nSPS) is 13.0. The van der Waals surface area contributed by atoms with E-state index in [0.29, 0.717) is 5.92 Å². The Morgan fingerprint density at radius 3 is 2.38 bits per heavy atom. The minimum Gasteiger partial charge on any atom is -0.489 e. The van der Waals surface area contributed by atoms with Gasteiger partial charge in [-0.2, -0.15) is 0 Å². The standard InChI is InChI=1S/C18H30ClNO/c1-12(2)7-8-20-11-15(6)21-18-10-16(13(3)4)17(19)9-14(18)5/h9-10,12-13,15,20H,7-8,11H2,1-6H3. The van der Waals surface area contributed by atoms with Crippen LogP contribution in [0.15, 0.2) is 12.1 Å². The highest BCUT2D eigenvalue weighted by Gasteiger charge is 2.12. The van der Waals surface area contributed by atoms with E-state index in [0.717, 1.165) is 40.9 Å². The highest BCUT2D eigenvalue weighted by molar-refractivity contribution is 6.31. The molecule has 0 aliphatic carbocycles. The van der Waals surface area contributed by atoms with Gasteiger partial charge in [-0.3, -0.25) is 0 Å². The van der Waals surface area contributed by atoms with E-state index in [1.807, 2.05) is 13.0 Å². The fourth-order valence-corrected chi connectivity index (χ4v) is 2.63. The summed E-state index contributed by atoms with van der Waals surface area (Å²) in [6.45, 7) is 14.8. The van der Waals surface area contributed by atoms with Crippen LogP contribution in [0.2, 0.25) is 5.02 Å². The van der Waals surface area contributed by atoms with E-state index < -0.39 is 0 Å². The maximum absolute atomic E-state index is 6.30. The fourth-order valence-electron chi connectivity index (χ4n) is 2.19. The van der Waals surface area contributed by atoms with E-state index in [4.69, 9.17) is 16.3 Å². The summed E-state index contributed by atoms with van der Waals surface area (Å²) in [4.78, 5) is 0. The van der Waals surface area contributed by atoms with Crippen LogP contribution in [0.1, 0.15) is 58.1 Å². The number of aryl methyl sites for hydroxylation is 1. The first-order valence-corrected chi connectivity index (χ1v) is 8.36. The van der Waals surface area contributed by atoms with Crippen LogP contribution in [-0.2, 0) is 0 Å². The van der Waals surface area contributed by atoms with E-state index in [9.17, 15) is 0 Å². The van der Waals surface area contributed by atoms with Crippen molar-refractivity contribution in [2.75, 3.05) is 13.1 Å². The summed E-state index contributed by atoms with van der Waals surface area (Å²) < 4.78 is 6.08. The van der Waals surface area contributed by atoms with Gasteiger partial charge in [0.25, 0.3) is 0 Å². The second-order valence-electron chi connectivity index (χ2n) is 6.61. The summed E-state index contributed by atoms with van der Waals surface area (Å²) in [6, 6.07) is 4.10. The van der Waals surface area contributed by atoms with Crippen molar-refractivity contribution in [2.45, 2.75) is 60.0 Å².